The fourth-order valence-corrected chi connectivity index (χ4v) is 2.90. The Hall–Kier alpha value is -3.54. The molecule has 3 aromatic rings. The zero-order valence-electron chi connectivity index (χ0n) is 17.3. The molecular formula is C24H25NO5. The van der Waals surface area contributed by atoms with Crippen LogP contribution in [0, 0.1) is 0 Å². The van der Waals surface area contributed by atoms with Crippen LogP contribution < -0.4 is 10.1 Å². The zero-order valence-corrected chi connectivity index (χ0v) is 17.3. The van der Waals surface area contributed by atoms with Crippen molar-refractivity contribution in [1.82, 2.24) is 5.32 Å². The van der Waals surface area contributed by atoms with Crippen molar-refractivity contribution >= 4 is 22.6 Å². The third-order valence-corrected chi connectivity index (χ3v) is 4.22. The van der Waals surface area contributed by atoms with Crippen molar-refractivity contribution in [3.63, 3.8) is 0 Å². The van der Waals surface area contributed by atoms with Gasteiger partial charge in [0.25, 0.3) is 0 Å². The van der Waals surface area contributed by atoms with E-state index in [0.29, 0.717) is 16.9 Å². The van der Waals surface area contributed by atoms with Gasteiger partial charge in [-0.05, 0) is 61.9 Å². The number of ether oxygens (including phenoxy) is 2. The number of phenols is 1. The van der Waals surface area contributed by atoms with Crippen molar-refractivity contribution in [2.24, 2.45) is 0 Å². The average molecular weight is 407 g/mol. The van der Waals surface area contributed by atoms with Crippen molar-refractivity contribution in [2.45, 2.75) is 26.4 Å². The molecule has 0 aliphatic rings. The maximum atomic E-state index is 12.9. The van der Waals surface area contributed by atoms with Gasteiger partial charge in [0.1, 0.15) is 23.7 Å². The number of rotatable bonds is 6. The maximum absolute atomic E-state index is 12.9. The largest absolute Gasteiger partial charge is 0.508 e. The summed E-state index contributed by atoms with van der Waals surface area (Å²) in [5.41, 5.74) is 0.505. The molecule has 0 aliphatic carbocycles. The Morgan fingerprint density at radius 3 is 2.40 bits per heavy atom. The normalized spacial score (nSPS) is 11.2. The van der Waals surface area contributed by atoms with Crippen molar-refractivity contribution in [3.05, 3.63) is 71.8 Å². The van der Waals surface area contributed by atoms with Gasteiger partial charge in [-0.3, -0.25) is 4.79 Å². The van der Waals surface area contributed by atoms with Gasteiger partial charge in [0.05, 0.1) is 6.54 Å². The van der Waals surface area contributed by atoms with Crippen LogP contribution in [0.3, 0.4) is 0 Å². The molecular weight excluding hydrogens is 382 g/mol. The molecule has 0 saturated carbocycles. The van der Waals surface area contributed by atoms with E-state index in [9.17, 15) is 14.7 Å². The molecule has 2 N–H and O–H groups in total. The van der Waals surface area contributed by atoms with Crippen molar-refractivity contribution in [1.29, 1.82) is 0 Å². The molecule has 0 aliphatic heterocycles. The minimum absolute atomic E-state index is 0.123. The Bertz CT molecular complexity index is 1070. The average Bonchev–Trinajstić information content (AvgIpc) is 2.69. The molecule has 30 heavy (non-hydrogen) atoms. The van der Waals surface area contributed by atoms with Gasteiger partial charge in [-0.15, -0.1) is 0 Å². The summed E-state index contributed by atoms with van der Waals surface area (Å²) in [5.74, 6) is 0.604. The van der Waals surface area contributed by atoms with Crippen molar-refractivity contribution < 1.29 is 24.2 Å². The summed E-state index contributed by atoms with van der Waals surface area (Å²) in [6.07, 6.45) is -0.500. The number of hydrogen-bond donors (Lipinski definition) is 2. The van der Waals surface area contributed by atoms with E-state index in [4.69, 9.17) is 9.47 Å². The van der Waals surface area contributed by atoms with E-state index < -0.39 is 11.7 Å². The van der Waals surface area contributed by atoms with Gasteiger partial charge in [-0.25, -0.2) is 4.79 Å². The number of amides is 1. The summed E-state index contributed by atoms with van der Waals surface area (Å²) in [7, 11) is 0. The minimum atomic E-state index is -0.553. The maximum Gasteiger partial charge on any atom is 0.407 e. The van der Waals surface area contributed by atoms with Crippen LogP contribution in [-0.4, -0.2) is 35.7 Å². The highest BCUT2D eigenvalue weighted by molar-refractivity contribution is 6.10. The van der Waals surface area contributed by atoms with Crippen LogP contribution in [0.5, 0.6) is 11.5 Å². The van der Waals surface area contributed by atoms with Gasteiger partial charge in [-0.2, -0.15) is 0 Å². The van der Waals surface area contributed by atoms with Gasteiger partial charge < -0.3 is 19.9 Å². The second-order valence-corrected chi connectivity index (χ2v) is 7.88. The number of carbonyl (C=O) groups is 2. The van der Waals surface area contributed by atoms with Crippen LogP contribution >= 0.6 is 0 Å². The quantitative estimate of drug-likeness (QED) is 0.458. The molecule has 0 spiro atoms. The Morgan fingerprint density at radius 2 is 1.63 bits per heavy atom. The highest BCUT2D eigenvalue weighted by atomic mass is 16.6. The molecule has 3 aromatic carbocycles. The molecule has 6 nitrogen and oxygen atoms in total. The van der Waals surface area contributed by atoms with Crippen molar-refractivity contribution in [2.75, 3.05) is 13.2 Å². The summed E-state index contributed by atoms with van der Waals surface area (Å²) in [6.45, 7) is 5.92. The summed E-state index contributed by atoms with van der Waals surface area (Å²) in [4.78, 5) is 24.5. The Kier molecular flexibility index (Phi) is 6.26. The molecule has 0 atom stereocenters. The minimum Gasteiger partial charge on any atom is -0.508 e. The predicted octanol–water partition coefficient (Wildman–Crippen LogP) is 4.68. The number of ketones is 1. The highest BCUT2D eigenvalue weighted by Gasteiger charge is 2.15. The number of phenolic OH excluding ortho intramolecular Hbond substituents is 1. The van der Waals surface area contributed by atoms with E-state index >= 15 is 0 Å². The molecule has 156 valence electrons. The number of carbonyl (C=O) groups excluding carboxylic acids is 2. The number of aromatic hydroxyl groups is 1. The van der Waals surface area contributed by atoms with E-state index in [1.807, 2.05) is 6.07 Å². The Balaban J connectivity index is 1.61. The molecule has 0 unspecified atom stereocenters. The van der Waals surface area contributed by atoms with E-state index in [2.05, 4.69) is 5.32 Å². The van der Waals surface area contributed by atoms with Gasteiger partial charge in [0.15, 0.2) is 5.78 Å². The third kappa shape index (κ3) is 5.73. The number of hydrogen-bond acceptors (Lipinski definition) is 5. The van der Waals surface area contributed by atoms with E-state index in [-0.39, 0.29) is 24.7 Å². The molecule has 1 amide bonds. The first-order chi connectivity index (χ1) is 14.2. The predicted molar refractivity (Wildman–Crippen MR) is 115 cm³/mol. The molecule has 0 bridgehead atoms. The topological polar surface area (TPSA) is 84.9 Å². The van der Waals surface area contributed by atoms with Crippen LogP contribution in [-0.2, 0) is 4.74 Å². The zero-order chi connectivity index (χ0) is 21.7. The van der Waals surface area contributed by atoms with Crippen LogP contribution in [0.25, 0.3) is 10.8 Å². The van der Waals surface area contributed by atoms with Gasteiger partial charge in [-0.1, -0.05) is 30.3 Å². The van der Waals surface area contributed by atoms with E-state index in [1.165, 1.54) is 0 Å². The first-order valence-electron chi connectivity index (χ1n) is 9.68. The first-order valence-corrected chi connectivity index (χ1v) is 9.68. The van der Waals surface area contributed by atoms with Crippen LogP contribution in [0.15, 0.2) is 60.7 Å². The highest BCUT2D eigenvalue weighted by Crippen LogP contribution is 2.23. The van der Waals surface area contributed by atoms with Crippen molar-refractivity contribution in [3.8, 4) is 11.5 Å². The Morgan fingerprint density at radius 1 is 0.933 bits per heavy atom. The van der Waals surface area contributed by atoms with Gasteiger partial charge in [0.2, 0.25) is 0 Å². The Labute approximate surface area is 175 Å². The van der Waals surface area contributed by atoms with Crippen LogP contribution in [0.4, 0.5) is 4.79 Å². The number of alkyl carbamates (subject to hydrolysis) is 1. The molecule has 0 fully saturated rings. The smallest absolute Gasteiger partial charge is 0.407 e. The van der Waals surface area contributed by atoms with Crippen LogP contribution in [0.1, 0.15) is 36.7 Å². The number of nitrogens with one attached hydrogen (secondary N) is 1. The first kappa shape index (κ1) is 21.2. The molecule has 0 radical (unpaired) electrons. The monoisotopic (exact) mass is 407 g/mol. The van der Waals surface area contributed by atoms with Gasteiger partial charge >= 0.3 is 6.09 Å². The SMILES string of the molecule is CC(C)(C)OC(=O)NCCOc1cccc(C(=O)c2ccc3cc(O)ccc3c2)c1. The summed E-state index contributed by atoms with van der Waals surface area (Å²) in [6, 6.07) is 17.3. The van der Waals surface area contributed by atoms with Gasteiger partial charge in [0, 0.05) is 11.1 Å². The summed E-state index contributed by atoms with van der Waals surface area (Å²) in [5, 5.41) is 13.9. The third-order valence-electron chi connectivity index (χ3n) is 4.22. The molecule has 0 heterocycles. The lowest BCUT2D eigenvalue weighted by atomic mass is 10.00. The second-order valence-electron chi connectivity index (χ2n) is 7.88. The van der Waals surface area contributed by atoms with E-state index in [1.54, 1.807) is 75.4 Å². The summed E-state index contributed by atoms with van der Waals surface area (Å²) >= 11 is 0. The number of benzene rings is 3. The lowest BCUT2D eigenvalue weighted by Crippen LogP contribution is -2.34. The second kappa shape index (κ2) is 8.86. The molecule has 6 heteroatoms. The fraction of sp³-hybridized carbons (Fsp3) is 0.250. The standard InChI is InChI=1S/C24H25NO5/c1-24(2,3)30-23(28)25-11-12-29-21-6-4-5-18(15-21)22(27)19-8-7-17-14-20(26)10-9-16(17)13-19/h4-10,13-15,26H,11-12H2,1-3H3,(H,25,28). The summed E-state index contributed by atoms with van der Waals surface area (Å²) < 4.78 is 10.8. The lowest BCUT2D eigenvalue weighted by molar-refractivity contribution is 0.0520. The number of fused-ring (bicyclic) bond motifs is 1. The van der Waals surface area contributed by atoms with Crippen LogP contribution in [0.2, 0.25) is 0 Å². The lowest BCUT2D eigenvalue weighted by Gasteiger charge is -2.19. The molecule has 0 aromatic heterocycles. The molecule has 0 saturated heterocycles. The molecule has 3 rings (SSSR count). The fourth-order valence-electron chi connectivity index (χ4n) is 2.90. The van der Waals surface area contributed by atoms with E-state index in [0.717, 1.165) is 10.8 Å².